The van der Waals surface area contributed by atoms with Crippen molar-refractivity contribution in [1.82, 2.24) is 0 Å². The molecule has 0 aliphatic carbocycles. The highest BCUT2D eigenvalue weighted by molar-refractivity contribution is 7.86. The summed E-state index contributed by atoms with van der Waals surface area (Å²) in [7, 11) is -1.29. The molecule has 0 spiro atoms. The van der Waals surface area contributed by atoms with Crippen molar-refractivity contribution < 1.29 is 22.4 Å². The largest absolute Gasteiger partial charge is 0.493 e. The highest BCUT2D eigenvalue weighted by Crippen LogP contribution is 2.28. The molecule has 3 N–H and O–H groups in total. The molecule has 2 rings (SSSR count). The molecule has 0 atom stereocenters. The van der Waals surface area contributed by atoms with Crippen molar-refractivity contribution in [3.63, 3.8) is 0 Å². The molecular weight excluding hydrogens is 318 g/mol. The summed E-state index contributed by atoms with van der Waals surface area (Å²) < 4.78 is 42.5. The van der Waals surface area contributed by atoms with Crippen LogP contribution in [0, 0.1) is 0 Å². The normalized spacial score (nSPS) is 11.6. The molecule has 0 saturated heterocycles. The van der Waals surface area contributed by atoms with E-state index in [9.17, 15) is 13.0 Å². The molecule has 2 aromatic rings. The van der Waals surface area contributed by atoms with Gasteiger partial charge in [0, 0.05) is 5.69 Å². The number of hydrogen-bond donors (Lipinski definition) is 2. The van der Waals surface area contributed by atoms with Crippen molar-refractivity contribution in [3.05, 3.63) is 47.5 Å². The van der Waals surface area contributed by atoms with E-state index in [4.69, 9.17) is 15.2 Å². The molecule has 0 aliphatic heterocycles. The molecule has 0 amide bonds. The van der Waals surface area contributed by atoms with Gasteiger partial charge in [0.25, 0.3) is 10.1 Å². The first-order valence-corrected chi connectivity index (χ1v) is 8.06. The van der Waals surface area contributed by atoms with Crippen LogP contribution in [0.25, 0.3) is 12.2 Å². The smallest absolute Gasteiger partial charge is 0.295 e. The zero-order valence-corrected chi connectivity index (χ0v) is 13.5. The minimum absolute atomic E-state index is 0.241. The lowest BCUT2D eigenvalue weighted by atomic mass is 10.1. The van der Waals surface area contributed by atoms with Gasteiger partial charge in [-0.2, -0.15) is 8.42 Å². The zero-order chi connectivity index (χ0) is 17.0. The molecule has 0 bridgehead atoms. The van der Waals surface area contributed by atoms with E-state index in [0.29, 0.717) is 17.1 Å². The third-order valence-electron chi connectivity index (χ3n) is 3.18. The highest BCUT2D eigenvalue weighted by atomic mass is 32.2. The van der Waals surface area contributed by atoms with E-state index >= 15 is 0 Å². The Kier molecular flexibility index (Phi) is 4.92. The second kappa shape index (κ2) is 6.72. The summed E-state index contributed by atoms with van der Waals surface area (Å²) in [5.74, 6) is 1.15. The zero-order valence-electron chi connectivity index (χ0n) is 12.7. The SMILES string of the molecule is COc1ccc(/C=C/c2ccc(N)cc2S(=O)(=O)O)cc1OC. The fourth-order valence-corrected chi connectivity index (χ4v) is 2.77. The lowest BCUT2D eigenvalue weighted by Crippen LogP contribution is -2.02. The lowest BCUT2D eigenvalue weighted by Gasteiger charge is -2.08. The Bertz CT molecular complexity index is 844. The number of nitrogens with two attached hydrogens (primary N) is 1. The van der Waals surface area contributed by atoms with Crippen LogP contribution in [0.4, 0.5) is 5.69 Å². The second-order valence-electron chi connectivity index (χ2n) is 4.72. The summed E-state index contributed by atoms with van der Waals surface area (Å²) in [5, 5.41) is 0. The maximum Gasteiger partial charge on any atom is 0.295 e. The second-order valence-corrected chi connectivity index (χ2v) is 6.11. The number of methoxy groups -OCH3 is 2. The standard InChI is InChI=1S/C16H17NO5S/c1-21-14-8-4-11(9-15(14)22-2)3-5-12-6-7-13(17)10-16(12)23(18,19)20/h3-10H,17H2,1-2H3,(H,18,19,20)/b5-3+. The third kappa shape index (κ3) is 4.02. The summed E-state index contributed by atoms with van der Waals surface area (Å²) >= 11 is 0. The lowest BCUT2D eigenvalue weighted by molar-refractivity contribution is 0.355. The molecule has 0 unspecified atom stereocenters. The van der Waals surface area contributed by atoms with E-state index in [0.717, 1.165) is 5.56 Å². The van der Waals surface area contributed by atoms with Crippen molar-refractivity contribution in [2.24, 2.45) is 0 Å². The van der Waals surface area contributed by atoms with Crippen LogP contribution in [0.15, 0.2) is 41.3 Å². The molecule has 23 heavy (non-hydrogen) atoms. The van der Waals surface area contributed by atoms with E-state index < -0.39 is 10.1 Å². The van der Waals surface area contributed by atoms with Gasteiger partial charge >= 0.3 is 0 Å². The fourth-order valence-electron chi connectivity index (χ4n) is 2.05. The molecule has 122 valence electrons. The summed E-state index contributed by atoms with van der Waals surface area (Å²) in [5.41, 5.74) is 6.93. The number of hydrogen-bond acceptors (Lipinski definition) is 5. The van der Waals surface area contributed by atoms with Gasteiger partial charge in [-0.1, -0.05) is 24.3 Å². The Labute approximate surface area is 134 Å². The van der Waals surface area contributed by atoms with Gasteiger partial charge in [-0.25, -0.2) is 0 Å². The quantitative estimate of drug-likeness (QED) is 0.495. The van der Waals surface area contributed by atoms with Crippen LogP contribution in [-0.2, 0) is 10.1 Å². The van der Waals surface area contributed by atoms with Gasteiger partial charge in [-0.3, -0.25) is 4.55 Å². The van der Waals surface area contributed by atoms with Crippen LogP contribution < -0.4 is 15.2 Å². The molecule has 0 radical (unpaired) electrons. The molecule has 7 heteroatoms. The van der Waals surface area contributed by atoms with Gasteiger partial charge in [0.05, 0.1) is 14.2 Å². The van der Waals surface area contributed by atoms with Gasteiger partial charge in [0.1, 0.15) is 4.90 Å². The number of nitrogen functional groups attached to an aromatic ring is 1. The predicted octanol–water partition coefficient (Wildman–Crippen LogP) is 2.70. The number of rotatable bonds is 5. The minimum Gasteiger partial charge on any atom is -0.493 e. The van der Waals surface area contributed by atoms with Gasteiger partial charge in [-0.05, 0) is 35.4 Å². The maximum absolute atomic E-state index is 11.4. The van der Waals surface area contributed by atoms with Gasteiger partial charge in [0.2, 0.25) is 0 Å². The average Bonchev–Trinajstić information content (AvgIpc) is 2.52. The molecule has 0 aliphatic rings. The summed E-state index contributed by atoms with van der Waals surface area (Å²) in [6, 6.07) is 9.58. The van der Waals surface area contributed by atoms with Crippen molar-refractivity contribution in [2.45, 2.75) is 4.90 Å². The van der Waals surface area contributed by atoms with E-state index in [1.165, 1.54) is 19.2 Å². The van der Waals surface area contributed by atoms with Crippen molar-refractivity contribution >= 4 is 28.0 Å². The fraction of sp³-hybridized carbons (Fsp3) is 0.125. The van der Waals surface area contributed by atoms with E-state index in [1.807, 2.05) is 0 Å². The van der Waals surface area contributed by atoms with Crippen LogP contribution in [0.3, 0.4) is 0 Å². The molecule has 2 aromatic carbocycles. The number of anilines is 1. The van der Waals surface area contributed by atoms with Gasteiger partial charge in [-0.15, -0.1) is 0 Å². The summed E-state index contributed by atoms with van der Waals surface area (Å²) in [6.07, 6.45) is 3.27. The topological polar surface area (TPSA) is 98.9 Å². The van der Waals surface area contributed by atoms with E-state index in [2.05, 4.69) is 0 Å². The van der Waals surface area contributed by atoms with Crippen LogP contribution >= 0.6 is 0 Å². The van der Waals surface area contributed by atoms with Gasteiger partial charge < -0.3 is 15.2 Å². The average molecular weight is 335 g/mol. The minimum atomic E-state index is -4.36. The Hall–Kier alpha value is -2.51. The summed E-state index contributed by atoms with van der Waals surface area (Å²) in [6.45, 7) is 0. The summed E-state index contributed by atoms with van der Waals surface area (Å²) in [4.78, 5) is -0.241. The molecular formula is C16H17NO5S. The Morgan fingerprint density at radius 3 is 2.30 bits per heavy atom. The van der Waals surface area contributed by atoms with Crippen LogP contribution in [-0.4, -0.2) is 27.2 Å². The monoisotopic (exact) mass is 335 g/mol. The van der Waals surface area contributed by atoms with E-state index in [-0.39, 0.29) is 10.6 Å². The van der Waals surface area contributed by atoms with Crippen LogP contribution in [0.5, 0.6) is 11.5 Å². The first-order chi connectivity index (χ1) is 10.8. The first-order valence-electron chi connectivity index (χ1n) is 6.62. The number of benzene rings is 2. The predicted molar refractivity (Wildman–Crippen MR) is 89.1 cm³/mol. The molecule has 0 saturated carbocycles. The Morgan fingerprint density at radius 2 is 1.70 bits per heavy atom. The molecule has 0 heterocycles. The third-order valence-corrected chi connectivity index (χ3v) is 4.09. The number of ether oxygens (including phenoxy) is 2. The highest BCUT2D eigenvalue weighted by Gasteiger charge is 2.14. The molecule has 0 aromatic heterocycles. The first kappa shape index (κ1) is 16.9. The van der Waals surface area contributed by atoms with Crippen LogP contribution in [0.2, 0.25) is 0 Å². The van der Waals surface area contributed by atoms with Crippen molar-refractivity contribution in [1.29, 1.82) is 0 Å². The van der Waals surface area contributed by atoms with E-state index in [1.54, 1.807) is 43.5 Å². The molecule has 0 fully saturated rings. The van der Waals surface area contributed by atoms with Crippen molar-refractivity contribution in [3.8, 4) is 11.5 Å². The van der Waals surface area contributed by atoms with Gasteiger partial charge in [0.15, 0.2) is 11.5 Å². The van der Waals surface area contributed by atoms with Crippen molar-refractivity contribution in [2.75, 3.05) is 20.0 Å². The Balaban J connectivity index is 2.42. The Morgan fingerprint density at radius 1 is 1.00 bits per heavy atom. The molecule has 6 nitrogen and oxygen atoms in total. The maximum atomic E-state index is 11.4. The van der Waals surface area contributed by atoms with Crippen LogP contribution in [0.1, 0.15) is 11.1 Å².